The Kier molecular flexibility index (Phi) is 6.73. The Bertz CT molecular complexity index is 717. The number of benzene rings is 1. The van der Waals surface area contributed by atoms with Crippen molar-refractivity contribution in [1.29, 1.82) is 0 Å². The minimum absolute atomic E-state index is 0.0221. The molecule has 152 valence electrons. The predicted molar refractivity (Wildman–Crippen MR) is 114 cm³/mol. The minimum Gasteiger partial charge on any atom is -0.371 e. The molecule has 0 aromatic heterocycles. The van der Waals surface area contributed by atoms with Gasteiger partial charge in [0.15, 0.2) is 5.96 Å². The number of rotatable bonds is 3. The monoisotopic (exact) mass is 385 g/mol. The van der Waals surface area contributed by atoms with Crippen molar-refractivity contribution in [2.24, 2.45) is 33.1 Å². The summed E-state index contributed by atoms with van der Waals surface area (Å²) in [5.74, 6) is 0.319. The van der Waals surface area contributed by atoms with Crippen LogP contribution in [0, 0.1) is 5.92 Å². The molecule has 0 saturated carbocycles. The van der Waals surface area contributed by atoms with Crippen molar-refractivity contribution in [3.63, 3.8) is 0 Å². The van der Waals surface area contributed by atoms with E-state index in [2.05, 4.69) is 19.8 Å². The fraction of sp³-hybridized carbons (Fsp3) is 0.550. The number of anilines is 1. The van der Waals surface area contributed by atoms with Crippen LogP contribution >= 0.6 is 0 Å². The summed E-state index contributed by atoms with van der Waals surface area (Å²) >= 11 is 0. The van der Waals surface area contributed by atoms with Crippen LogP contribution in [0.15, 0.2) is 34.3 Å². The average Bonchev–Trinajstić information content (AvgIpc) is 2.97. The van der Waals surface area contributed by atoms with Crippen LogP contribution in [0.2, 0.25) is 0 Å². The van der Waals surface area contributed by atoms with Gasteiger partial charge in [0.05, 0.1) is 11.6 Å². The van der Waals surface area contributed by atoms with E-state index in [4.69, 9.17) is 17.2 Å². The molecule has 3 rings (SSSR count). The van der Waals surface area contributed by atoms with Gasteiger partial charge in [0, 0.05) is 31.9 Å². The Morgan fingerprint density at radius 2 is 1.61 bits per heavy atom. The second-order valence-corrected chi connectivity index (χ2v) is 7.55. The SMILES string of the molecule is NC(N)=NC(N)=Nc1ccc(N2CCCC(C(=O)N3CCCCCC3)C2)cc1. The van der Waals surface area contributed by atoms with Gasteiger partial charge in [0.2, 0.25) is 11.9 Å². The molecule has 1 aromatic rings. The molecule has 0 radical (unpaired) electrons. The number of hydrogen-bond acceptors (Lipinski definition) is 3. The summed E-state index contributed by atoms with van der Waals surface area (Å²) in [6.07, 6.45) is 6.75. The summed E-state index contributed by atoms with van der Waals surface area (Å²) < 4.78 is 0. The first-order chi connectivity index (χ1) is 13.5. The summed E-state index contributed by atoms with van der Waals surface area (Å²) in [6.45, 7) is 3.56. The maximum absolute atomic E-state index is 13.0. The van der Waals surface area contributed by atoms with Crippen molar-refractivity contribution in [2.45, 2.75) is 38.5 Å². The molecule has 8 heteroatoms. The summed E-state index contributed by atoms with van der Waals surface area (Å²) in [4.78, 5) is 25.2. The van der Waals surface area contributed by atoms with Gasteiger partial charge in [-0.2, -0.15) is 4.99 Å². The first-order valence-corrected chi connectivity index (χ1v) is 10.1. The third-order valence-electron chi connectivity index (χ3n) is 5.39. The quantitative estimate of drug-likeness (QED) is 0.537. The van der Waals surface area contributed by atoms with E-state index in [1.54, 1.807) is 0 Å². The Labute approximate surface area is 166 Å². The highest BCUT2D eigenvalue weighted by Crippen LogP contribution is 2.27. The van der Waals surface area contributed by atoms with Crippen LogP contribution in [0.3, 0.4) is 0 Å². The molecule has 2 saturated heterocycles. The van der Waals surface area contributed by atoms with E-state index in [-0.39, 0.29) is 17.8 Å². The standard InChI is InChI=1S/C20H31N7O/c21-19(22)25-20(23)24-16-7-9-17(10-8-16)27-13-5-6-15(14-27)18(28)26-11-3-1-2-4-12-26/h7-10,15H,1-6,11-14H2,(H6,21,22,23,24,25). The molecule has 28 heavy (non-hydrogen) atoms. The summed E-state index contributed by atoms with van der Waals surface area (Å²) in [5, 5.41) is 0. The molecule has 6 N–H and O–H groups in total. The van der Waals surface area contributed by atoms with Gasteiger partial charge in [-0.15, -0.1) is 0 Å². The Morgan fingerprint density at radius 3 is 2.25 bits per heavy atom. The molecule has 2 aliphatic heterocycles. The van der Waals surface area contributed by atoms with Crippen LogP contribution < -0.4 is 22.1 Å². The van der Waals surface area contributed by atoms with E-state index < -0.39 is 0 Å². The fourth-order valence-electron chi connectivity index (χ4n) is 3.99. The lowest BCUT2D eigenvalue weighted by molar-refractivity contribution is -0.135. The highest BCUT2D eigenvalue weighted by Gasteiger charge is 2.29. The summed E-state index contributed by atoms with van der Waals surface area (Å²) in [6, 6.07) is 7.76. The molecule has 1 amide bonds. The maximum atomic E-state index is 13.0. The van der Waals surface area contributed by atoms with Gasteiger partial charge in [-0.3, -0.25) is 4.79 Å². The molecule has 1 unspecified atom stereocenters. The van der Waals surface area contributed by atoms with Crippen molar-refractivity contribution in [3.8, 4) is 0 Å². The van der Waals surface area contributed by atoms with E-state index in [1.165, 1.54) is 12.8 Å². The van der Waals surface area contributed by atoms with E-state index in [0.29, 0.717) is 11.6 Å². The third-order valence-corrected chi connectivity index (χ3v) is 5.39. The predicted octanol–water partition coefficient (Wildman–Crippen LogP) is 1.53. The number of nitrogens with two attached hydrogens (primary N) is 3. The van der Waals surface area contributed by atoms with Crippen LogP contribution in [0.25, 0.3) is 0 Å². The van der Waals surface area contributed by atoms with Gasteiger partial charge >= 0.3 is 0 Å². The Balaban J connectivity index is 1.63. The van der Waals surface area contributed by atoms with Gasteiger partial charge < -0.3 is 27.0 Å². The lowest BCUT2D eigenvalue weighted by Gasteiger charge is -2.36. The van der Waals surface area contributed by atoms with Gasteiger partial charge in [-0.25, -0.2) is 4.99 Å². The molecular weight excluding hydrogens is 354 g/mol. The van der Waals surface area contributed by atoms with E-state index >= 15 is 0 Å². The van der Waals surface area contributed by atoms with Crippen LogP contribution in [0.4, 0.5) is 11.4 Å². The van der Waals surface area contributed by atoms with Gasteiger partial charge in [-0.05, 0) is 49.9 Å². The highest BCUT2D eigenvalue weighted by molar-refractivity contribution is 5.93. The van der Waals surface area contributed by atoms with Crippen molar-refractivity contribution < 1.29 is 4.79 Å². The largest absolute Gasteiger partial charge is 0.371 e. The first kappa shape index (κ1) is 20.0. The number of aliphatic imine (C=N–C) groups is 2. The van der Waals surface area contributed by atoms with Crippen LogP contribution in [0.1, 0.15) is 38.5 Å². The molecule has 2 fully saturated rings. The molecule has 0 spiro atoms. The number of carbonyl (C=O) groups excluding carboxylic acids is 1. The van der Waals surface area contributed by atoms with Gasteiger partial charge in [-0.1, -0.05) is 12.8 Å². The lowest BCUT2D eigenvalue weighted by atomic mass is 9.95. The molecular formula is C20H31N7O. The molecule has 8 nitrogen and oxygen atoms in total. The second-order valence-electron chi connectivity index (χ2n) is 7.55. The van der Waals surface area contributed by atoms with Crippen LogP contribution in [0.5, 0.6) is 0 Å². The molecule has 1 atom stereocenters. The number of amides is 1. The van der Waals surface area contributed by atoms with Crippen molar-refractivity contribution in [1.82, 2.24) is 4.90 Å². The topological polar surface area (TPSA) is 126 Å². The van der Waals surface area contributed by atoms with E-state index in [1.807, 2.05) is 24.3 Å². The third kappa shape index (κ3) is 5.37. The molecule has 2 aliphatic rings. The number of piperidine rings is 1. The highest BCUT2D eigenvalue weighted by atomic mass is 16.2. The first-order valence-electron chi connectivity index (χ1n) is 10.1. The van der Waals surface area contributed by atoms with E-state index in [0.717, 1.165) is 57.5 Å². The fourth-order valence-corrected chi connectivity index (χ4v) is 3.99. The second kappa shape index (κ2) is 9.43. The average molecular weight is 386 g/mol. The molecule has 0 aliphatic carbocycles. The van der Waals surface area contributed by atoms with E-state index in [9.17, 15) is 4.79 Å². The van der Waals surface area contributed by atoms with Gasteiger partial charge in [0.1, 0.15) is 0 Å². The Hall–Kier alpha value is -2.77. The maximum Gasteiger partial charge on any atom is 0.227 e. The number of carbonyl (C=O) groups is 1. The van der Waals surface area contributed by atoms with Crippen LogP contribution in [-0.4, -0.2) is 48.9 Å². The Morgan fingerprint density at radius 1 is 0.929 bits per heavy atom. The zero-order chi connectivity index (χ0) is 19.9. The summed E-state index contributed by atoms with van der Waals surface area (Å²) in [5.41, 5.74) is 18.0. The lowest BCUT2D eigenvalue weighted by Crippen LogP contribution is -2.45. The number of hydrogen-bond donors (Lipinski definition) is 3. The van der Waals surface area contributed by atoms with Crippen LogP contribution in [-0.2, 0) is 4.79 Å². The van der Waals surface area contributed by atoms with Crippen molar-refractivity contribution in [3.05, 3.63) is 24.3 Å². The minimum atomic E-state index is -0.119. The number of nitrogens with zero attached hydrogens (tertiary/aromatic N) is 4. The number of likely N-dealkylation sites (tertiary alicyclic amines) is 1. The zero-order valence-corrected chi connectivity index (χ0v) is 16.4. The smallest absolute Gasteiger partial charge is 0.227 e. The normalized spacial score (nSPS) is 21.1. The molecule has 1 aromatic carbocycles. The van der Waals surface area contributed by atoms with Gasteiger partial charge in [0.25, 0.3) is 0 Å². The zero-order valence-electron chi connectivity index (χ0n) is 16.4. The number of guanidine groups is 2. The van der Waals surface area contributed by atoms with Crippen molar-refractivity contribution in [2.75, 3.05) is 31.1 Å². The summed E-state index contributed by atoms with van der Waals surface area (Å²) in [7, 11) is 0. The van der Waals surface area contributed by atoms with Crippen molar-refractivity contribution >= 4 is 29.2 Å². The molecule has 2 heterocycles. The molecule has 0 bridgehead atoms.